The second kappa shape index (κ2) is 4.66. The van der Waals surface area contributed by atoms with Crippen molar-refractivity contribution in [1.82, 2.24) is 15.0 Å². The molecule has 0 unspecified atom stereocenters. The van der Waals surface area contributed by atoms with E-state index in [1.165, 1.54) is 0 Å². The average Bonchev–Trinajstić information content (AvgIpc) is 2.83. The fourth-order valence-electron chi connectivity index (χ4n) is 1.46. The predicted octanol–water partition coefficient (Wildman–Crippen LogP) is 0.752. The minimum absolute atomic E-state index is 0.325. The third-order valence-corrected chi connectivity index (χ3v) is 2.25. The van der Waals surface area contributed by atoms with E-state index in [0.29, 0.717) is 5.69 Å². The number of benzene rings is 1. The van der Waals surface area contributed by atoms with Crippen LogP contribution in [0.25, 0.3) is 5.69 Å². The molecule has 0 aliphatic rings. The van der Waals surface area contributed by atoms with Crippen molar-refractivity contribution in [2.75, 3.05) is 7.11 Å². The number of hydrogen-bond acceptors (Lipinski definition) is 5. The minimum atomic E-state index is -1.30. The molecule has 7 nitrogen and oxygen atoms in total. The van der Waals surface area contributed by atoms with Gasteiger partial charge in [-0.3, -0.25) is 0 Å². The first-order valence-electron chi connectivity index (χ1n) is 4.98. The van der Waals surface area contributed by atoms with E-state index in [9.17, 15) is 9.59 Å². The number of aromatic nitrogens is 3. The molecule has 0 bridgehead atoms. The van der Waals surface area contributed by atoms with Gasteiger partial charge in [0.2, 0.25) is 5.69 Å². The van der Waals surface area contributed by atoms with Crippen molar-refractivity contribution in [2.24, 2.45) is 0 Å². The highest BCUT2D eigenvalue weighted by Crippen LogP contribution is 2.13. The molecule has 0 fully saturated rings. The number of rotatable bonds is 3. The molecule has 0 saturated carbocycles. The number of para-hydroxylation sites is 1. The van der Waals surface area contributed by atoms with Crippen molar-refractivity contribution in [3.63, 3.8) is 0 Å². The van der Waals surface area contributed by atoms with Gasteiger partial charge in [-0.1, -0.05) is 23.4 Å². The van der Waals surface area contributed by atoms with Gasteiger partial charge in [-0.2, -0.15) is 0 Å². The van der Waals surface area contributed by atoms with Gasteiger partial charge in [0, 0.05) is 0 Å². The summed E-state index contributed by atoms with van der Waals surface area (Å²) in [4.78, 5) is 22.6. The Balaban J connectivity index is 2.60. The zero-order valence-electron chi connectivity index (χ0n) is 9.40. The van der Waals surface area contributed by atoms with E-state index < -0.39 is 11.9 Å². The Bertz CT molecular complexity index is 592. The summed E-state index contributed by atoms with van der Waals surface area (Å²) < 4.78 is 5.54. The third kappa shape index (κ3) is 1.93. The first-order valence-corrected chi connectivity index (χ1v) is 4.98. The number of carbonyl (C=O) groups is 2. The summed E-state index contributed by atoms with van der Waals surface area (Å²) in [7, 11) is 1.15. The average molecular weight is 247 g/mol. The normalized spacial score (nSPS) is 10.1. The highest BCUT2D eigenvalue weighted by molar-refractivity contribution is 5.99. The summed E-state index contributed by atoms with van der Waals surface area (Å²) in [5.41, 5.74) is -0.153. The Morgan fingerprint density at radius 3 is 2.50 bits per heavy atom. The molecule has 92 valence electrons. The maximum atomic E-state index is 11.4. The summed E-state index contributed by atoms with van der Waals surface area (Å²) >= 11 is 0. The van der Waals surface area contributed by atoms with E-state index >= 15 is 0 Å². The fraction of sp³-hybridized carbons (Fsp3) is 0.0909. The van der Waals surface area contributed by atoms with Gasteiger partial charge >= 0.3 is 11.9 Å². The number of esters is 1. The van der Waals surface area contributed by atoms with Gasteiger partial charge in [-0.05, 0) is 12.1 Å². The zero-order valence-corrected chi connectivity index (χ0v) is 9.40. The summed E-state index contributed by atoms with van der Waals surface area (Å²) in [5.74, 6) is -2.14. The molecular formula is C11H9N3O4. The minimum Gasteiger partial charge on any atom is -0.476 e. The molecule has 1 heterocycles. The van der Waals surface area contributed by atoms with Gasteiger partial charge in [0.05, 0.1) is 12.8 Å². The summed E-state index contributed by atoms with van der Waals surface area (Å²) in [6.07, 6.45) is 0. The van der Waals surface area contributed by atoms with Crippen LogP contribution >= 0.6 is 0 Å². The second-order valence-electron chi connectivity index (χ2n) is 3.33. The van der Waals surface area contributed by atoms with E-state index in [0.717, 1.165) is 11.8 Å². The van der Waals surface area contributed by atoms with Crippen LogP contribution in [0.2, 0.25) is 0 Å². The van der Waals surface area contributed by atoms with Crippen molar-refractivity contribution in [3.8, 4) is 5.69 Å². The summed E-state index contributed by atoms with van der Waals surface area (Å²) in [6, 6.07) is 8.54. The molecule has 7 heteroatoms. The number of methoxy groups -OCH3 is 1. The van der Waals surface area contributed by atoms with Crippen LogP contribution in [0.5, 0.6) is 0 Å². The smallest absolute Gasteiger partial charge is 0.361 e. The van der Waals surface area contributed by atoms with Crippen LogP contribution in [0, 0.1) is 0 Å². The molecule has 1 aromatic heterocycles. The van der Waals surface area contributed by atoms with Crippen LogP contribution in [0.3, 0.4) is 0 Å². The van der Waals surface area contributed by atoms with Gasteiger partial charge in [0.1, 0.15) is 0 Å². The largest absolute Gasteiger partial charge is 0.476 e. The highest BCUT2D eigenvalue weighted by Gasteiger charge is 2.26. The molecule has 1 N–H and O–H groups in total. The molecule has 1 aromatic carbocycles. The maximum Gasteiger partial charge on any atom is 0.361 e. The molecular weight excluding hydrogens is 238 g/mol. The topological polar surface area (TPSA) is 94.3 Å². The molecule has 0 radical (unpaired) electrons. The number of carboxylic acids is 1. The van der Waals surface area contributed by atoms with Crippen molar-refractivity contribution < 1.29 is 19.4 Å². The van der Waals surface area contributed by atoms with E-state index in [1.54, 1.807) is 30.3 Å². The number of hydrogen-bond donors (Lipinski definition) is 1. The lowest BCUT2D eigenvalue weighted by molar-refractivity contribution is 0.0575. The van der Waals surface area contributed by atoms with Crippen LogP contribution in [-0.2, 0) is 4.74 Å². The summed E-state index contributed by atoms with van der Waals surface area (Å²) in [6.45, 7) is 0. The first-order chi connectivity index (χ1) is 8.65. The van der Waals surface area contributed by atoms with Crippen LogP contribution < -0.4 is 0 Å². The molecule has 18 heavy (non-hydrogen) atoms. The van der Waals surface area contributed by atoms with Gasteiger partial charge in [-0.15, -0.1) is 5.10 Å². The molecule has 0 aliphatic carbocycles. The highest BCUT2D eigenvalue weighted by atomic mass is 16.5. The van der Waals surface area contributed by atoms with E-state index in [4.69, 9.17) is 5.11 Å². The monoisotopic (exact) mass is 247 g/mol. The van der Waals surface area contributed by atoms with Crippen molar-refractivity contribution in [2.45, 2.75) is 0 Å². The Morgan fingerprint density at radius 2 is 1.94 bits per heavy atom. The van der Waals surface area contributed by atoms with Gasteiger partial charge in [-0.25, -0.2) is 14.3 Å². The van der Waals surface area contributed by atoms with E-state index in [2.05, 4.69) is 15.0 Å². The number of carbonyl (C=O) groups excluding carboxylic acids is 1. The Labute approximate surface area is 102 Å². The SMILES string of the molecule is COC(=O)c1nnn(-c2ccccc2)c1C(=O)O. The molecule has 0 aliphatic heterocycles. The van der Waals surface area contributed by atoms with Crippen molar-refractivity contribution in [1.29, 1.82) is 0 Å². The first kappa shape index (κ1) is 11.8. The van der Waals surface area contributed by atoms with Gasteiger partial charge in [0.25, 0.3) is 0 Å². The predicted molar refractivity (Wildman–Crippen MR) is 59.7 cm³/mol. The van der Waals surface area contributed by atoms with Crippen molar-refractivity contribution in [3.05, 3.63) is 41.7 Å². The lowest BCUT2D eigenvalue weighted by atomic mass is 10.3. The number of nitrogens with zero attached hydrogens (tertiary/aromatic N) is 3. The second-order valence-corrected chi connectivity index (χ2v) is 3.33. The number of aromatic carboxylic acids is 1. The van der Waals surface area contributed by atoms with Crippen LogP contribution in [0.4, 0.5) is 0 Å². The Hall–Kier alpha value is -2.70. The zero-order chi connectivity index (χ0) is 13.1. The van der Waals surface area contributed by atoms with Gasteiger partial charge < -0.3 is 9.84 Å². The number of ether oxygens (including phenoxy) is 1. The molecule has 0 saturated heterocycles. The van der Waals surface area contributed by atoms with Crippen molar-refractivity contribution >= 4 is 11.9 Å². The lowest BCUT2D eigenvalue weighted by Gasteiger charge is -2.02. The summed E-state index contributed by atoms with van der Waals surface area (Å²) in [5, 5.41) is 16.3. The molecule has 2 rings (SSSR count). The molecule has 0 spiro atoms. The molecule has 0 atom stereocenters. The van der Waals surface area contributed by atoms with E-state index in [-0.39, 0.29) is 11.4 Å². The standard InChI is InChI=1S/C11H9N3O4/c1-18-11(17)8-9(10(15)16)14(13-12-8)7-5-3-2-4-6-7/h2-6H,1H3,(H,15,16). The maximum absolute atomic E-state index is 11.4. The van der Waals surface area contributed by atoms with Gasteiger partial charge in [0.15, 0.2) is 5.69 Å². The Kier molecular flexibility index (Phi) is 3.05. The van der Waals surface area contributed by atoms with Crippen LogP contribution in [-0.4, -0.2) is 39.1 Å². The number of carboxylic acid groups (broad SMARTS) is 1. The fourth-order valence-corrected chi connectivity index (χ4v) is 1.46. The third-order valence-electron chi connectivity index (χ3n) is 2.25. The lowest BCUT2D eigenvalue weighted by Crippen LogP contribution is -2.13. The van der Waals surface area contributed by atoms with Crippen LogP contribution in [0.1, 0.15) is 21.0 Å². The molecule has 0 amide bonds. The Morgan fingerprint density at radius 1 is 1.28 bits per heavy atom. The molecule has 2 aromatic rings. The van der Waals surface area contributed by atoms with Crippen LogP contribution in [0.15, 0.2) is 30.3 Å². The quantitative estimate of drug-likeness (QED) is 0.804. The van der Waals surface area contributed by atoms with E-state index in [1.807, 2.05) is 0 Å².